The molecule has 3 saturated heterocycles. The maximum Gasteiger partial charge on any atom is 0.293 e. The average Bonchev–Trinajstić information content (AvgIpc) is 1.37. The van der Waals surface area contributed by atoms with E-state index in [-0.39, 0.29) is 53.1 Å². The molecule has 2 aliphatic carbocycles. The number of unbranched alkanes of at least 4 members (excludes halogenated alkanes) is 6. The average molecular weight is 1530 g/mol. The van der Waals surface area contributed by atoms with E-state index in [9.17, 15) is 38.0 Å². The van der Waals surface area contributed by atoms with Crippen molar-refractivity contribution in [3.8, 4) is 11.5 Å². The summed E-state index contributed by atoms with van der Waals surface area (Å²) in [5, 5.41) is 39.4. The van der Waals surface area contributed by atoms with Gasteiger partial charge in [0.05, 0.1) is 44.9 Å². The van der Waals surface area contributed by atoms with E-state index in [4.69, 9.17) is 16.3 Å². The second kappa shape index (κ2) is 35.3. The number of hydrogen-bond acceptors (Lipinski definition) is 19. The van der Waals surface area contributed by atoms with Crippen LogP contribution in [0.1, 0.15) is 165 Å². The fraction of sp³-hybridized carbons (Fsp3) is 0.524. The number of β-amino-alcohol motifs (C(OH)–C–C–N with tert-alkyl or cyclic N) is 1. The second-order valence-corrected chi connectivity index (χ2v) is 35.3. The summed E-state index contributed by atoms with van der Waals surface area (Å²) in [6.07, 6.45) is 17.7. The Labute approximate surface area is 645 Å². The number of ether oxygens (including phenoxy) is 1. The molecule has 23 nitrogen and oxygen atoms in total. The van der Waals surface area contributed by atoms with E-state index in [0.717, 1.165) is 155 Å². The Morgan fingerprint density at radius 3 is 2.26 bits per heavy atom. The Kier molecular flexibility index (Phi) is 26.0. The lowest BCUT2D eigenvalue weighted by Gasteiger charge is -2.42. The van der Waals surface area contributed by atoms with Gasteiger partial charge in [0.1, 0.15) is 39.5 Å². The van der Waals surface area contributed by atoms with E-state index >= 15 is 0 Å². The number of nitro groups is 1. The van der Waals surface area contributed by atoms with Crippen molar-refractivity contribution in [2.75, 3.05) is 101 Å². The number of amides is 3. The SMILES string of the molecule is Cc1ncsc1N[C@](C)(NC(=O)[C@@H]1C[C@@H](O)CN1C(=O)C(NCCCCCCCCCN1CCN(C2CCC(CNc3ccc(S(=O)(=O)NC(=O)c4ccc(N5CCN(CC6=C(c7ccc(Cl)cc7)CC(C)(C)CC6)CC5)cc4Oc4cnc5[nH]ccc5c4)cc3[N+](=O)[O-])CC2)CC1)C(C)(C)C)c1ccccc1. The van der Waals surface area contributed by atoms with Gasteiger partial charge in [0.15, 0.2) is 0 Å². The highest BCUT2D eigenvalue weighted by atomic mass is 35.5. The molecule has 7 N–H and O–H groups in total. The van der Waals surface area contributed by atoms with Crippen molar-refractivity contribution in [1.29, 1.82) is 0 Å². The Bertz CT molecular complexity index is 4390. The van der Waals surface area contributed by atoms with E-state index < -0.39 is 60.7 Å². The number of anilines is 3. The van der Waals surface area contributed by atoms with E-state index in [2.05, 4.69) is 86.5 Å². The third kappa shape index (κ3) is 20.3. The van der Waals surface area contributed by atoms with Gasteiger partial charge in [-0.2, -0.15) is 0 Å². The van der Waals surface area contributed by atoms with Crippen LogP contribution in [0.2, 0.25) is 5.02 Å². The topological polar surface area (TPSA) is 276 Å². The number of aromatic amines is 1. The summed E-state index contributed by atoms with van der Waals surface area (Å²) in [5.41, 5.74) is 7.53. The fourth-order valence-corrected chi connectivity index (χ4v) is 18.2. The van der Waals surface area contributed by atoms with Crippen LogP contribution in [0.25, 0.3) is 16.6 Å². The number of allylic oxidation sites excluding steroid dienone is 1. The molecule has 26 heteroatoms. The fourth-order valence-electron chi connectivity index (χ4n) is 16.3. The highest BCUT2D eigenvalue weighted by Crippen LogP contribution is 2.44. The number of aliphatic hydroxyl groups is 1. The number of benzene rings is 4. The first-order valence-electron chi connectivity index (χ1n) is 38.8. The Balaban J connectivity index is 0.554. The van der Waals surface area contributed by atoms with E-state index in [0.29, 0.717) is 43.6 Å². The van der Waals surface area contributed by atoms with Crippen LogP contribution in [0.4, 0.5) is 22.1 Å². The molecule has 3 aliphatic heterocycles. The Hall–Kier alpha value is -8.01. The lowest BCUT2D eigenvalue weighted by molar-refractivity contribution is -0.384. The maximum absolute atomic E-state index is 14.4. The zero-order valence-electron chi connectivity index (χ0n) is 63.7. The summed E-state index contributed by atoms with van der Waals surface area (Å²) in [6.45, 7) is 25.1. The molecule has 1 saturated carbocycles. The number of nitrogens with zero attached hydrogens (tertiary/aromatic N) is 8. The molecule has 5 aliphatic rings. The number of carbonyl (C=O) groups excluding carboxylic acids is 3. The zero-order chi connectivity index (χ0) is 76.3. The summed E-state index contributed by atoms with van der Waals surface area (Å²) >= 11 is 7.75. The number of hydrogen-bond donors (Lipinski definition) is 7. The molecule has 0 bridgehead atoms. The number of nitro benzene ring substituents is 1. The minimum Gasteiger partial charge on any atom is -0.455 e. The minimum absolute atomic E-state index is 0.0404. The van der Waals surface area contributed by atoms with Crippen LogP contribution in [-0.4, -0.2) is 180 Å². The molecule has 580 valence electrons. The molecule has 3 amide bonds. The summed E-state index contributed by atoms with van der Waals surface area (Å²) < 4.78 is 36.8. The van der Waals surface area contributed by atoms with Crippen LogP contribution < -0.4 is 35.6 Å². The normalized spacial score (nSPS) is 20.6. The number of rotatable bonds is 31. The van der Waals surface area contributed by atoms with Gasteiger partial charge in [-0.1, -0.05) is 126 Å². The third-order valence-corrected chi connectivity index (χ3v) is 25.1. The van der Waals surface area contributed by atoms with Gasteiger partial charge in [-0.3, -0.25) is 34.3 Å². The molecule has 0 radical (unpaired) electrons. The van der Waals surface area contributed by atoms with Gasteiger partial charge >= 0.3 is 0 Å². The number of halogens is 1. The first-order chi connectivity index (χ1) is 51.7. The van der Waals surface area contributed by atoms with Gasteiger partial charge in [0.2, 0.25) is 11.8 Å². The highest BCUT2D eigenvalue weighted by Gasteiger charge is 2.46. The number of pyridine rings is 1. The number of carbonyl (C=O) groups is 3. The molecular weight excluding hydrogens is 1420 g/mol. The molecule has 6 heterocycles. The van der Waals surface area contributed by atoms with Crippen LogP contribution in [0.5, 0.6) is 11.5 Å². The summed E-state index contributed by atoms with van der Waals surface area (Å²) in [7, 11) is -4.62. The second-order valence-electron chi connectivity index (χ2n) is 32.4. The lowest BCUT2D eigenvalue weighted by atomic mass is 9.72. The molecule has 4 fully saturated rings. The predicted molar refractivity (Wildman–Crippen MR) is 429 cm³/mol. The van der Waals surface area contributed by atoms with Crippen molar-refractivity contribution in [2.24, 2.45) is 16.7 Å². The summed E-state index contributed by atoms with van der Waals surface area (Å²) in [5.74, 6) is -0.696. The Morgan fingerprint density at radius 1 is 0.843 bits per heavy atom. The van der Waals surface area contributed by atoms with Crippen LogP contribution in [-0.2, 0) is 25.3 Å². The number of sulfonamides is 1. The van der Waals surface area contributed by atoms with E-state index in [1.54, 1.807) is 40.9 Å². The summed E-state index contributed by atoms with van der Waals surface area (Å²) in [4.78, 5) is 78.0. The number of aliphatic hydroxyl groups excluding tert-OH is 1. The predicted octanol–water partition coefficient (Wildman–Crippen LogP) is 14.0. The van der Waals surface area contributed by atoms with Crippen LogP contribution in [0.15, 0.2) is 132 Å². The zero-order valence-corrected chi connectivity index (χ0v) is 66.1. The van der Waals surface area contributed by atoms with E-state index in [1.165, 1.54) is 72.1 Å². The van der Waals surface area contributed by atoms with Crippen LogP contribution in [0.3, 0.4) is 0 Å². The standard InChI is InChI=1S/C82H109ClN14O9S2/c1-56-78(107-55-88-56)90-82(7,61-18-14-13-15-19-61)89-77(100)72-48-65(98)54-96(72)79(101)74(80(2,3)4)84-35-16-11-9-8-10-12-17-37-92-38-42-94(43-39-92)63-26-20-57(21-27-63)51-86-70-31-29-67(49-71(70)97(102)103)108(104,105)91-76(99)68-30-28-64(47-73(68)106-66-46-59-33-36-85-75(59)87-52-66)95-44-40-93(41-45-95)53-60-32-34-81(5,6)50-69(60)58-22-24-62(83)25-23-58/h13-15,18-19,22-25,28-31,33,36,46-47,49,52,55,57,63,65,72,74,84,86,90,98H,8-12,16-17,20-21,26-27,32,34-35,37-45,48,50-51,53-54H2,1-7H3,(H,85,87)(H,89,100)(H,91,99)/t57?,63?,65-,72+,74?,82+/m1/s1. The van der Waals surface area contributed by atoms with Gasteiger partial charge in [-0.25, -0.2) is 23.1 Å². The first-order valence-corrected chi connectivity index (χ1v) is 41.5. The molecular formula is C82H109ClN14O9S2. The number of fused-ring (bicyclic) bond motifs is 1. The first kappa shape index (κ1) is 79.5. The Morgan fingerprint density at radius 2 is 1.56 bits per heavy atom. The number of aryl methyl sites for hydroxylation is 1. The van der Waals surface area contributed by atoms with Gasteiger partial charge in [0, 0.05) is 119 Å². The van der Waals surface area contributed by atoms with Gasteiger partial charge in [0.25, 0.3) is 21.6 Å². The van der Waals surface area contributed by atoms with Crippen molar-refractivity contribution < 1.29 is 37.6 Å². The number of piperazine rings is 2. The monoisotopic (exact) mass is 1530 g/mol. The number of thiazole rings is 1. The van der Waals surface area contributed by atoms with Crippen molar-refractivity contribution in [3.05, 3.63) is 164 Å². The molecule has 108 heavy (non-hydrogen) atoms. The van der Waals surface area contributed by atoms with Crippen molar-refractivity contribution in [3.63, 3.8) is 0 Å². The van der Waals surface area contributed by atoms with Crippen LogP contribution in [0, 0.1) is 33.8 Å². The molecule has 12 rings (SSSR count). The highest BCUT2D eigenvalue weighted by molar-refractivity contribution is 7.90. The van der Waals surface area contributed by atoms with Gasteiger partial charge in [-0.15, -0.1) is 11.3 Å². The smallest absolute Gasteiger partial charge is 0.293 e. The minimum atomic E-state index is -4.62. The molecule has 4 atom stereocenters. The molecule has 0 spiro atoms. The largest absolute Gasteiger partial charge is 0.455 e. The van der Waals surface area contributed by atoms with Gasteiger partial charge < -0.3 is 50.8 Å². The van der Waals surface area contributed by atoms with Crippen molar-refractivity contribution >= 4 is 89.4 Å². The molecule has 7 aromatic rings. The molecule has 1 unspecified atom stereocenters. The van der Waals surface area contributed by atoms with Crippen molar-refractivity contribution in [2.45, 2.75) is 180 Å². The molecule has 4 aromatic carbocycles. The lowest BCUT2D eigenvalue weighted by Crippen LogP contribution is -2.59. The van der Waals surface area contributed by atoms with Crippen molar-refractivity contribution in [1.82, 2.24) is 49.9 Å². The quantitative estimate of drug-likeness (QED) is 0.00920. The van der Waals surface area contributed by atoms with E-state index in [1.807, 2.05) is 83.1 Å². The third-order valence-electron chi connectivity index (χ3n) is 22.7. The van der Waals surface area contributed by atoms with Gasteiger partial charge in [-0.05, 0) is 167 Å². The van der Waals surface area contributed by atoms with Crippen LogP contribution >= 0.6 is 22.9 Å². The maximum atomic E-state index is 14.4. The summed E-state index contributed by atoms with van der Waals surface area (Å²) in [6, 6.07) is 29.5. The number of likely N-dealkylation sites (tertiary alicyclic amines) is 1. The number of nitrogens with one attached hydrogen (secondary N) is 6. The number of aromatic nitrogens is 3. The molecule has 3 aromatic heterocycles. The number of H-pyrrole nitrogens is 1.